The Labute approximate surface area is 145 Å². The monoisotopic (exact) mass is 330 g/mol. The molecular weight excluding hydrogens is 312 g/mol. The maximum Gasteiger partial charge on any atom is 0.153 e. The van der Waals surface area contributed by atoms with Gasteiger partial charge in [-0.3, -0.25) is 10.1 Å². The Balaban J connectivity index is 1.66. The number of benzene rings is 2. The number of anilines is 1. The Morgan fingerprint density at radius 1 is 0.920 bits per heavy atom. The number of fused-ring (bicyclic) bond motifs is 1. The Morgan fingerprint density at radius 2 is 1.64 bits per heavy atom. The molecule has 2 aromatic carbocycles. The van der Waals surface area contributed by atoms with E-state index in [-0.39, 0.29) is 0 Å². The molecule has 0 saturated carbocycles. The van der Waals surface area contributed by atoms with Crippen molar-refractivity contribution < 1.29 is 4.74 Å². The summed E-state index contributed by atoms with van der Waals surface area (Å²) in [6.45, 7) is 4.12. The number of nitrogens with zero attached hydrogens (tertiary/aromatic N) is 2. The third kappa shape index (κ3) is 2.92. The molecule has 2 heterocycles. The minimum absolute atomic E-state index is 0.475. The van der Waals surface area contributed by atoms with E-state index >= 15 is 0 Å². The van der Waals surface area contributed by atoms with Gasteiger partial charge in [-0.25, -0.2) is 0 Å². The maximum atomic E-state index is 5.98. The Morgan fingerprint density at radius 3 is 2.36 bits per heavy atom. The predicted octanol–water partition coefficient (Wildman–Crippen LogP) is 4.62. The Bertz CT molecular complexity index is 1030. The lowest BCUT2D eigenvalue weighted by atomic mass is 10.0. The average molecular weight is 330 g/mol. The summed E-state index contributed by atoms with van der Waals surface area (Å²) in [5.41, 5.74) is 11.1. The number of hydrogen-bond acceptors (Lipinski definition) is 4. The zero-order chi connectivity index (χ0) is 17.4. The van der Waals surface area contributed by atoms with Gasteiger partial charge in [0.2, 0.25) is 0 Å². The molecule has 25 heavy (non-hydrogen) atoms. The summed E-state index contributed by atoms with van der Waals surface area (Å²) in [5.74, 6) is 2.10. The van der Waals surface area contributed by atoms with Crippen LogP contribution in [0.15, 0.2) is 54.9 Å². The van der Waals surface area contributed by atoms with Gasteiger partial charge in [0.1, 0.15) is 11.5 Å². The number of rotatable bonds is 3. The van der Waals surface area contributed by atoms with Gasteiger partial charge in [-0.2, -0.15) is 5.10 Å². The summed E-state index contributed by atoms with van der Waals surface area (Å²) in [6, 6.07) is 14.1. The zero-order valence-electron chi connectivity index (χ0n) is 14.1. The first-order valence-electron chi connectivity index (χ1n) is 8.04. The van der Waals surface area contributed by atoms with E-state index in [0.717, 1.165) is 33.5 Å². The summed E-state index contributed by atoms with van der Waals surface area (Å²) in [7, 11) is 0. The minimum Gasteiger partial charge on any atom is -0.457 e. The molecule has 0 aliphatic rings. The predicted molar refractivity (Wildman–Crippen MR) is 99.7 cm³/mol. The molecule has 0 atom stereocenters. The largest absolute Gasteiger partial charge is 0.457 e. The van der Waals surface area contributed by atoms with Crippen molar-refractivity contribution in [1.29, 1.82) is 0 Å². The van der Waals surface area contributed by atoms with Gasteiger partial charge < -0.3 is 10.5 Å². The summed E-state index contributed by atoms with van der Waals surface area (Å²) >= 11 is 0. The molecule has 0 aliphatic carbocycles. The number of hydrogen-bond donors (Lipinski definition) is 2. The topological polar surface area (TPSA) is 76.8 Å². The fourth-order valence-corrected chi connectivity index (χ4v) is 3.05. The number of aromatic amines is 1. The van der Waals surface area contributed by atoms with Crippen LogP contribution in [0.1, 0.15) is 11.1 Å². The van der Waals surface area contributed by atoms with Crippen LogP contribution in [0.5, 0.6) is 11.5 Å². The highest BCUT2D eigenvalue weighted by Crippen LogP contribution is 2.32. The van der Waals surface area contributed by atoms with Gasteiger partial charge in [0, 0.05) is 11.8 Å². The third-order valence-electron chi connectivity index (χ3n) is 4.10. The molecular formula is C20H18N4O. The zero-order valence-corrected chi connectivity index (χ0v) is 14.1. The number of pyridine rings is 1. The highest BCUT2D eigenvalue weighted by molar-refractivity contribution is 6.00. The second kappa shape index (κ2) is 5.94. The van der Waals surface area contributed by atoms with E-state index in [4.69, 9.17) is 10.5 Å². The van der Waals surface area contributed by atoms with E-state index in [1.807, 2.05) is 36.4 Å². The molecule has 2 aromatic heterocycles. The van der Waals surface area contributed by atoms with Gasteiger partial charge in [-0.05, 0) is 54.8 Å². The molecule has 0 aliphatic heterocycles. The van der Waals surface area contributed by atoms with Gasteiger partial charge >= 0.3 is 0 Å². The lowest BCUT2D eigenvalue weighted by Crippen LogP contribution is -1.89. The molecule has 4 rings (SSSR count). The second-order valence-corrected chi connectivity index (χ2v) is 6.17. The van der Waals surface area contributed by atoms with Gasteiger partial charge in [-0.15, -0.1) is 0 Å². The van der Waals surface area contributed by atoms with E-state index in [9.17, 15) is 0 Å². The number of ether oxygens (including phenoxy) is 1. The van der Waals surface area contributed by atoms with Crippen LogP contribution in [-0.4, -0.2) is 15.2 Å². The molecule has 0 bridgehead atoms. The molecule has 0 unspecified atom stereocenters. The van der Waals surface area contributed by atoms with E-state index in [0.29, 0.717) is 5.82 Å². The van der Waals surface area contributed by atoms with Crippen LogP contribution in [0.3, 0.4) is 0 Å². The fraction of sp³-hybridized carbons (Fsp3) is 0.100. The molecule has 0 radical (unpaired) electrons. The first-order valence-corrected chi connectivity index (χ1v) is 8.04. The summed E-state index contributed by atoms with van der Waals surface area (Å²) in [6.07, 6.45) is 3.52. The van der Waals surface area contributed by atoms with Crippen molar-refractivity contribution >= 4 is 16.7 Å². The number of aromatic nitrogens is 3. The van der Waals surface area contributed by atoms with Gasteiger partial charge in [-0.1, -0.05) is 18.2 Å². The standard InChI is InChI=1S/C20H18N4O/c1-12-7-13(2)9-16(8-12)25-15-5-3-14(4-6-15)17-10-22-11-18-19(17)20(21)24-23-18/h3-11H,1-2H3,(H3,21,23,24). The van der Waals surface area contributed by atoms with Crippen molar-refractivity contribution in [3.05, 3.63) is 66.0 Å². The van der Waals surface area contributed by atoms with E-state index in [1.54, 1.807) is 12.4 Å². The first-order chi connectivity index (χ1) is 12.1. The molecule has 3 N–H and O–H groups in total. The lowest BCUT2D eigenvalue weighted by molar-refractivity contribution is 0.482. The normalized spacial score (nSPS) is 11.0. The molecule has 0 saturated heterocycles. The Kier molecular flexibility index (Phi) is 3.61. The van der Waals surface area contributed by atoms with Crippen LogP contribution in [0.2, 0.25) is 0 Å². The minimum atomic E-state index is 0.475. The average Bonchev–Trinajstić information content (AvgIpc) is 2.96. The summed E-state index contributed by atoms with van der Waals surface area (Å²) in [4.78, 5) is 4.25. The molecule has 5 nitrogen and oxygen atoms in total. The molecule has 0 spiro atoms. The fourth-order valence-electron chi connectivity index (χ4n) is 3.05. The molecule has 0 fully saturated rings. The van der Waals surface area contributed by atoms with Crippen LogP contribution in [0.25, 0.3) is 22.0 Å². The van der Waals surface area contributed by atoms with Crippen molar-refractivity contribution in [3.63, 3.8) is 0 Å². The quantitative estimate of drug-likeness (QED) is 0.575. The number of nitrogens with two attached hydrogens (primary N) is 1. The van der Waals surface area contributed by atoms with E-state index in [2.05, 4.69) is 35.1 Å². The first kappa shape index (κ1) is 15.2. The molecule has 5 heteroatoms. The molecule has 0 amide bonds. The van der Waals surface area contributed by atoms with Crippen molar-refractivity contribution in [3.8, 4) is 22.6 Å². The smallest absolute Gasteiger partial charge is 0.153 e. The van der Waals surface area contributed by atoms with E-state index in [1.165, 1.54) is 11.1 Å². The van der Waals surface area contributed by atoms with Crippen LogP contribution in [0.4, 0.5) is 5.82 Å². The lowest BCUT2D eigenvalue weighted by Gasteiger charge is -2.09. The van der Waals surface area contributed by atoms with Gasteiger partial charge in [0.05, 0.1) is 17.1 Å². The van der Waals surface area contributed by atoms with Crippen molar-refractivity contribution in [2.75, 3.05) is 5.73 Å². The third-order valence-corrected chi connectivity index (χ3v) is 4.10. The van der Waals surface area contributed by atoms with Crippen LogP contribution >= 0.6 is 0 Å². The number of H-pyrrole nitrogens is 1. The van der Waals surface area contributed by atoms with Crippen molar-refractivity contribution in [2.24, 2.45) is 0 Å². The van der Waals surface area contributed by atoms with Crippen LogP contribution < -0.4 is 10.5 Å². The van der Waals surface area contributed by atoms with Crippen LogP contribution in [0, 0.1) is 13.8 Å². The SMILES string of the molecule is Cc1cc(C)cc(Oc2ccc(-c3cncc4[nH]nc(N)c34)cc2)c1. The highest BCUT2D eigenvalue weighted by Gasteiger charge is 2.10. The highest BCUT2D eigenvalue weighted by atomic mass is 16.5. The molecule has 4 aromatic rings. The van der Waals surface area contributed by atoms with E-state index < -0.39 is 0 Å². The maximum absolute atomic E-state index is 5.98. The number of aryl methyl sites for hydroxylation is 2. The van der Waals surface area contributed by atoms with Gasteiger partial charge in [0.15, 0.2) is 5.82 Å². The summed E-state index contributed by atoms with van der Waals surface area (Å²) < 4.78 is 5.97. The number of nitrogen functional groups attached to an aromatic ring is 1. The Hall–Kier alpha value is -3.34. The van der Waals surface area contributed by atoms with Gasteiger partial charge in [0.25, 0.3) is 0 Å². The van der Waals surface area contributed by atoms with Crippen molar-refractivity contribution in [2.45, 2.75) is 13.8 Å². The summed E-state index contributed by atoms with van der Waals surface area (Å²) in [5, 5.41) is 7.84. The van der Waals surface area contributed by atoms with Crippen molar-refractivity contribution in [1.82, 2.24) is 15.2 Å². The second-order valence-electron chi connectivity index (χ2n) is 6.17. The number of nitrogens with one attached hydrogen (secondary N) is 1. The molecule has 124 valence electrons. The van der Waals surface area contributed by atoms with Crippen LogP contribution in [-0.2, 0) is 0 Å².